The van der Waals surface area contributed by atoms with Gasteiger partial charge in [-0.3, -0.25) is 4.79 Å². The van der Waals surface area contributed by atoms with E-state index in [1.54, 1.807) is 31.4 Å². The molecule has 3 rings (SSSR count). The predicted molar refractivity (Wildman–Crippen MR) is 83.7 cm³/mol. The van der Waals surface area contributed by atoms with Crippen LogP contribution in [0.25, 0.3) is 0 Å². The van der Waals surface area contributed by atoms with Crippen molar-refractivity contribution in [2.24, 2.45) is 5.41 Å². The summed E-state index contributed by atoms with van der Waals surface area (Å²) in [4.78, 5) is 14.4. The highest BCUT2D eigenvalue weighted by molar-refractivity contribution is 5.82. The largest absolute Gasteiger partial charge is 0.497 e. The van der Waals surface area contributed by atoms with Crippen LogP contribution in [0.2, 0.25) is 0 Å². The number of benzene rings is 1. The van der Waals surface area contributed by atoms with Crippen LogP contribution in [0.15, 0.2) is 24.3 Å². The van der Waals surface area contributed by atoms with Gasteiger partial charge in [-0.15, -0.1) is 0 Å². The summed E-state index contributed by atoms with van der Waals surface area (Å²) < 4.78 is 5.10. The molecule has 0 unspecified atom stereocenters. The van der Waals surface area contributed by atoms with Crippen molar-refractivity contribution in [3.05, 3.63) is 29.8 Å². The minimum atomic E-state index is -1.08. The molecule has 1 spiro atoms. The Morgan fingerprint density at radius 2 is 1.95 bits per heavy atom. The highest BCUT2D eigenvalue weighted by atomic mass is 16.5. The summed E-state index contributed by atoms with van der Waals surface area (Å²) in [5, 5.41) is 13.7. The van der Waals surface area contributed by atoms with Gasteiger partial charge in [0.05, 0.1) is 7.11 Å². The molecule has 0 saturated carbocycles. The van der Waals surface area contributed by atoms with Crippen molar-refractivity contribution in [1.82, 2.24) is 10.2 Å². The van der Waals surface area contributed by atoms with E-state index in [0.717, 1.165) is 51.2 Å². The number of carbonyl (C=O) groups is 1. The van der Waals surface area contributed by atoms with Gasteiger partial charge in [0.15, 0.2) is 6.10 Å². The van der Waals surface area contributed by atoms with Crippen LogP contribution in [0.1, 0.15) is 30.9 Å². The van der Waals surface area contributed by atoms with Gasteiger partial charge in [0.25, 0.3) is 5.91 Å². The molecule has 5 heteroatoms. The topological polar surface area (TPSA) is 61.8 Å². The minimum absolute atomic E-state index is 0.180. The number of amides is 1. The van der Waals surface area contributed by atoms with Crippen molar-refractivity contribution in [2.75, 3.05) is 33.3 Å². The molecule has 2 fully saturated rings. The van der Waals surface area contributed by atoms with Crippen LogP contribution in [-0.4, -0.2) is 49.2 Å². The molecule has 0 aromatic heterocycles. The number of piperidine rings is 1. The average molecular weight is 304 g/mol. The van der Waals surface area contributed by atoms with E-state index in [2.05, 4.69) is 5.32 Å². The fraction of sp³-hybridized carbons (Fsp3) is 0.588. The fourth-order valence-corrected chi connectivity index (χ4v) is 3.59. The lowest BCUT2D eigenvalue weighted by Gasteiger charge is -2.33. The number of nitrogens with zero attached hydrogens (tertiary/aromatic N) is 1. The lowest BCUT2D eigenvalue weighted by molar-refractivity contribution is -0.140. The van der Waals surface area contributed by atoms with E-state index in [-0.39, 0.29) is 11.3 Å². The third-order valence-corrected chi connectivity index (χ3v) is 5.08. The predicted octanol–water partition coefficient (Wildman–Crippen LogP) is 1.33. The van der Waals surface area contributed by atoms with E-state index in [1.165, 1.54) is 0 Å². The van der Waals surface area contributed by atoms with Gasteiger partial charge in [0, 0.05) is 13.1 Å². The van der Waals surface area contributed by atoms with Crippen LogP contribution in [0.5, 0.6) is 5.75 Å². The fourth-order valence-electron chi connectivity index (χ4n) is 3.59. The standard InChI is InChI=1S/C17H24N2O3/c1-22-14-4-2-13(3-5-14)15(20)16(21)19-11-8-17(12-19)6-9-18-10-7-17/h2-5,15,18,20H,6-12H2,1H3/t15-/m0/s1. The maximum absolute atomic E-state index is 12.6. The first-order valence-corrected chi connectivity index (χ1v) is 7.95. The number of nitrogens with one attached hydrogen (secondary N) is 1. The maximum atomic E-state index is 12.6. The molecule has 22 heavy (non-hydrogen) atoms. The smallest absolute Gasteiger partial charge is 0.256 e. The zero-order valence-corrected chi connectivity index (χ0v) is 13.0. The van der Waals surface area contributed by atoms with Crippen LogP contribution >= 0.6 is 0 Å². The number of rotatable bonds is 3. The van der Waals surface area contributed by atoms with Crippen LogP contribution in [0.4, 0.5) is 0 Å². The maximum Gasteiger partial charge on any atom is 0.256 e. The van der Waals surface area contributed by atoms with E-state index in [4.69, 9.17) is 4.74 Å². The molecule has 2 aliphatic rings. The number of methoxy groups -OCH3 is 1. The van der Waals surface area contributed by atoms with Crippen molar-refractivity contribution in [1.29, 1.82) is 0 Å². The second kappa shape index (κ2) is 6.26. The van der Waals surface area contributed by atoms with Crippen molar-refractivity contribution >= 4 is 5.91 Å². The van der Waals surface area contributed by atoms with Gasteiger partial charge in [-0.1, -0.05) is 12.1 Å². The van der Waals surface area contributed by atoms with Gasteiger partial charge in [0.2, 0.25) is 0 Å². The Kier molecular flexibility index (Phi) is 4.36. The summed E-state index contributed by atoms with van der Waals surface area (Å²) in [5.41, 5.74) is 0.887. The summed E-state index contributed by atoms with van der Waals surface area (Å²) in [6.45, 7) is 3.60. The molecule has 2 aliphatic heterocycles. The van der Waals surface area contributed by atoms with Crippen molar-refractivity contribution < 1.29 is 14.6 Å². The van der Waals surface area contributed by atoms with Gasteiger partial charge in [-0.05, 0) is 55.5 Å². The van der Waals surface area contributed by atoms with Gasteiger partial charge >= 0.3 is 0 Å². The zero-order valence-electron chi connectivity index (χ0n) is 13.0. The monoisotopic (exact) mass is 304 g/mol. The number of aliphatic hydroxyl groups excluding tert-OH is 1. The summed E-state index contributed by atoms with van der Waals surface area (Å²) in [6, 6.07) is 7.03. The van der Waals surface area contributed by atoms with Crippen molar-refractivity contribution in [3.8, 4) is 5.75 Å². The summed E-state index contributed by atoms with van der Waals surface area (Å²) in [5.74, 6) is 0.541. The lowest BCUT2D eigenvalue weighted by Crippen LogP contribution is -2.40. The van der Waals surface area contributed by atoms with Crippen molar-refractivity contribution in [2.45, 2.75) is 25.4 Å². The number of hydrogen-bond donors (Lipinski definition) is 2. The second-order valence-electron chi connectivity index (χ2n) is 6.44. The Morgan fingerprint density at radius 1 is 1.27 bits per heavy atom. The Bertz CT molecular complexity index is 523. The molecule has 1 amide bonds. The molecule has 0 radical (unpaired) electrons. The first-order chi connectivity index (χ1) is 10.6. The van der Waals surface area contributed by atoms with E-state index in [9.17, 15) is 9.90 Å². The highest BCUT2D eigenvalue weighted by Crippen LogP contribution is 2.39. The van der Waals surface area contributed by atoms with Crippen LogP contribution in [0.3, 0.4) is 0 Å². The van der Waals surface area contributed by atoms with Gasteiger partial charge in [-0.25, -0.2) is 0 Å². The van der Waals surface area contributed by atoms with Crippen LogP contribution < -0.4 is 10.1 Å². The second-order valence-corrected chi connectivity index (χ2v) is 6.44. The summed E-state index contributed by atoms with van der Waals surface area (Å²) >= 11 is 0. The van der Waals surface area contributed by atoms with E-state index >= 15 is 0 Å². The molecule has 5 nitrogen and oxygen atoms in total. The lowest BCUT2D eigenvalue weighted by atomic mass is 9.78. The van der Waals surface area contributed by atoms with E-state index in [0.29, 0.717) is 5.56 Å². The molecule has 1 atom stereocenters. The third kappa shape index (κ3) is 2.96. The molecule has 2 N–H and O–H groups in total. The molecule has 2 heterocycles. The molecule has 1 aromatic rings. The molecular formula is C17H24N2O3. The number of ether oxygens (including phenoxy) is 1. The molecule has 1 aromatic carbocycles. The first-order valence-electron chi connectivity index (χ1n) is 7.95. The Hall–Kier alpha value is -1.59. The number of carbonyl (C=O) groups excluding carboxylic acids is 1. The summed E-state index contributed by atoms with van der Waals surface area (Å²) in [7, 11) is 1.60. The summed E-state index contributed by atoms with van der Waals surface area (Å²) in [6.07, 6.45) is 2.21. The van der Waals surface area contributed by atoms with Gasteiger partial charge < -0.3 is 20.1 Å². The average Bonchev–Trinajstić information content (AvgIpc) is 2.97. The number of likely N-dealkylation sites (tertiary alicyclic amines) is 1. The Morgan fingerprint density at radius 3 is 2.59 bits per heavy atom. The Labute approximate surface area is 131 Å². The Balaban J connectivity index is 1.65. The van der Waals surface area contributed by atoms with Crippen LogP contribution in [0, 0.1) is 5.41 Å². The van der Waals surface area contributed by atoms with Crippen LogP contribution in [-0.2, 0) is 4.79 Å². The molecule has 0 bridgehead atoms. The first kappa shape index (κ1) is 15.3. The molecule has 120 valence electrons. The van der Waals surface area contributed by atoms with E-state index in [1.807, 2.05) is 4.90 Å². The normalized spacial score (nSPS) is 21.8. The molecule has 2 saturated heterocycles. The van der Waals surface area contributed by atoms with E-state index < -0.39 is 6.10 Å². The zero-order chi connectivity index (χ0) is 15.6. The molecular weight excluding hydrogens is 280 g/mol. The minimum Gasteiger partial charge on any atom is -0.497 e. The molecule has 0 aliphatic carbocycles. The highest BCUT2D eigenvalue weighted by Gasteiger charge is 2.41. The van der Waals surface area contributed by atoms with Crippen molar-refractivity contribution in [3.63, 3.8) is 0 Å². The number of aliphatic hydroxyl groups is 1. The van der Waals surface area contributed by atoms with Gasteiger partial charge in [0.1, 0.15) is 5.75 Å². The third-order valence-electron chi connectivity index (χ3n) is 5.08. The quantitative estimate of drug-likeness (QED) is 0.884. The van der Waals surface area contributed by atoms with Gasteiger partial charge in [-0.2, -0.15) is 0 Å². The number of hydrogen-bond acceptors (Lipinski definition) is 4. The SMILES string of the molecule is COc1ccc([C@H](O)C(=O)N2CCC3(CCNCC3)C2)cc1.